The van der Waals surface area contributed by atoms with Crippen molar-refractivity contribution in [1.29, 1.82) is 0 Å². The second kappa shape index (κ2) is 41.9. The molecule has 98 heavy (non-hydrogen) atoms. The van der Waals surface area contributed by atoms with Gasteiger partial charge in [0.15, 0.2) is 0 Å². The molecule has 9 N–H and O–H groups in total. The van der Waals surface area contributed by atoms with E-state index in [1.54, 1.807) is 96.7 Å². The quantitative estimate of drug-likeness (QED) is 0.0237. The number of hydrogen-bond donors (Lipinski definition) is 8. The number of nitrogens with zero attached hydrogens (tertiary/aromatic N) is 4. The number of amides is 12. The molecule has 0 radical (unpaired) electrons. The van der Waals surface area contributed by atoms with Gasteiger partial charge in [-0.2, -0.15) is 0 Å². The summed E-state index contributed by atoms with van der Waals surface area (Å²) in [7, 11) is 4.68. The Morgan fingerprint density at radius 2 is 1.40 bits per heavy atom. The summed E-state index contributed by atoms with van der Waals surface area (Å²) >= 11 is 0. The molecule has 0 spiro atoms. The highest BCUT2D eigenvalue weighted by atomic mass is 16.6. The van der Waals surface area contributed by atoms with E-state index in [9.17, 15) is 62.6 Å². The average molecular weight is 1380 g/mol. The van der Waals surface area contributed by atoms with E-state index in [1.165, 1.54) is 11.9 Å². The normalized spacial score (nSPS) is 17.8. The number of rotatable bonds is 37. The van der Waals surface area contributed by atoms with Gasteiger partial charge < -0.3 is 76.3 Å². The highest BCUT2D eigenvalue weighted by Crippen LogP contribution is 2.29. The fourth-order valence-electron chi connectivity index (χ4n) is 12.1. The van der Waals surface area contributed by atoms with Crippen LogP contribution in [0.5, 0.6) is 0 Å². The van der Waals surface area contributed by atoms with Crippen molar-refractivity contribution >= 4 is 77.4 Å². The Bertz CT molecular complexity index is 2940. The van der Waals surface area contributed by atoms with Gasteiger partial charge in [-0.1, -0.05) is 125 Å². The molecule has 28 nitrogen and oxygen atoms in total. The number of imide groups is 1. The number of likely N-dealkylation sites (tertiary alicyclic amines) is 2. The Balaban J connectivity index is 0.000000796. The van der Waals surface area contributed by atoms with Crippen molar-refractivity contribution in [1.82, 2.24) is 46.2 Å². The molecule has 0 saturated carbocycles. The number of anilines is 1. The van der Waals surface area contributed by atoms with Gasteiger partial charge in [-0.15, -0.1) is 0 Å². The number of urea groups is 1. The predicted molar refractivity (Wildman–Crippen MR) is 367 cm³/mol. The molecule has 2 fully saturated rings. The maximum absolute atomic E-state index is 14.0. The third-order valence-corrected chi connectivity index (χ3v) is 18.0. The first kappa shape index (κ1) is 84.0. The van der Waals surface area contributed by atoms with Crippen molar-refractivity contribution in [2.24, 2.45) is 47.2 Å². The fourth-order valence-corrected chi connectivity index (χ4v) is 12.1. The molecule has 2 aromatic rings. The Kier molecular flexibility index (Phi) is 35.9. The molecule has 4 rings (SSSR count). The topological polar surface area (TPSA) is 373 Å². The number of primary amides is 1. The van der Waals surface area contributed by atoms with Crippen LogP contribution in [-0.4, -0.2) is 206 Å². The van der Waals surface area contributed by atoms with Gasteiger partial charge in [-0.25, -0.2) is 14.4 Å². The average Bonchev–Trinajstić information content (AvgIpc) is 1.27. The number of ether oxygens (including phenoxy) is 4. The zero-order chi connectivity index (χ0) is 73.7. The maximum atomic E-state index is 14.0. The lowest BCUT2D eigenvalue weighted by Gasteiger charge is -2.39. The summed E-state index contributed by atoms with van der Waals surface area (Å²) in [4.78, 5) is 159. The van der Waals surface area contributed by atoms with E-state index in [1.807, 2.05) is 71.9 Å². The number of nitrogens with one attached hydrogen (secondary N) is 6. The standard InChI is InChI=1S/C50H81N9O13.C20H30N2O4/c1-13-32(9)42(35(14-2)27-60)57(11)47(66)40(30(5)6)55-45(64)41(31(7)8)58(12)50(69)72-28-34-17-19-36(20-18-34)53-43(62)37(16-15-21-52-48(51)67)54-44(63)39(29(3)4)56-49(68)71-25-24-70-23-22-59-38(61)26-33(10)46(59)65;1-13(19(26-4)17-11-8-12-22(17)15(3)23)20(25)21-14(2)18(24)16-9-6-5-7-10-16/h17-20,27,29-33,35,37,39-42H,13-16,21-26,28H2,1-12H3,(H,53,62)(H,54,63)(H,55,64)(H,56,68)(H3,51,52,67);5-7,9-10,13-14,17-19,24H,8,11-12H2,1-4H3,(H,21,25)/t32-,33?,35-,37-,39-,40-,41?,42-;13-,14-,17+,18-,19-/m01/s1. The zero-order valence-electron chi connectivity index (χ0n) is 60.3. The van der Waals surface area contributed by atoms with Crippen LogP contribution in [0.25, 0.3) is 0 Å². The third kappa shape index (κ3) is 25.6. The van der Waals surface area contributed by atoms with Gasteiger partial charge in [0.2, 0.25) is 47.3 Å². The van der Waals surface area contributed by atoms with Crippen LogP contribution in [0.1, 0.15) is 152 Å². The van der Waals surface area contributed by atoms with E-state index in [4.69, 9.17) is 24.7 Å². The molecular weight excluding hydrogens is 1270 g/mol. The van der Waals surface area contributed by atoms with Crippen molar-refractivity contribution in [2.45, 2.75) is 196 Å². The van der Waals surface area contributed by atoms with Crippen molar-refractivity contribution in [3.63, 3.8) is 0 Å². The largest absolute Gasteiger partial charge is 0.447 e. The number of aldehydes is 1. The summed E-state index contributed by atoms with van der Waals surface area (Å²) in [6.07, 6.45) is 1.54. The van der Waals surface area contributed by atoms with Gasteiger partial charge in [0.05, 0.1) is 50.0 Å². The Hall–Kier alpha value is -8.24. The Morgan fingerprint density at radius 1 is 0.755 bits per heavy atom. The van der Waals surface area contributed by atoms with Crippen molar-refractivity contribution < 1.29 is 81.6 Å². The van der Waals surface area contributed by atoms with Gasteiger partial charge in [-0.3, -0.25) is 48.2 Å². The van der Waals surface area contributed by atoms with Gasteiger partial charge in [-0.05, 0) is 86.0 Å². The zero-order valence-corrected chi connectivity index (χ0v) is 60.3. The predicted octanol–water partition coefficient (Wildman–Crippen LogP) is 5.44. The molecule has 28 heteroatoms. The monoisotopic (exact) mass is 1380 g/mol. The van der Waals surface area contributed by atoms with Crippen molar-refractivity contribution in [2.75, 3.05) is 66.0 Å². The van der Waals surface area contributed by atoms with Crippen LogP contribution in [0.4, 0.5) is 20.1 Å². The molecule has 2 aromatic carbocycles. The molecule has 2 aliphatic heterocycles. The molecule has 2 saturated heterocycles. The van der Waals surface area contributed by atoms with E-state index in [2.05, 4.69) is 31.9 Å². The number of hydrogen-bond acceptors (Lipinski definition) is 17. The van der Waals surface area contributed by atoms with E-state index in [0.29, 0.717) is 24.2 Å². The lowest BCUT2D eigenvalue weighted by atomic mass is 9.85. The van der Waals surface area contributed by atoms with Crippen LogP contribution in [0.3, 0.4) is 0 Å². The first-order valence-corrected chi connectivity index (χ1v) is 34.1. The highest BCUT2D eigenvalue weighted by molar-refractivity contribution is 6.03. The SMILES string of the molecule is CC[C@@H](C=O)[C@H]([C@@H](C)CC)N(C)C(=O)[C@@H](NC(=O)C(C(C)C)N(C)C(=O)OCc1ccc(NC(=O)[C@H](CCCNC(N)=O)NC(=O)[C@@H](NC(=O)OCCOCCN2C(=O)CC(C)C2=O)C(C)C)cc1)C(C)C.CO[C@H]([C@@H](C)C(=O)N[C@H](C)[C@@H](O)c1ccccc1)[C@@H]1CCCN1C(C)=O. The van der Waals surface area contributed by atoms with Gasteiger partial charge in [0.25, 0.3) is 0 Å². The number of carbonyl (C=O) groups is 12. The molecule has 0 aliphatic carbocycles. The van der Waals surface area contributed by atoms with Gasteiger partial charge in [0, 0.05) is 71.2 Å². The Morgan fingerprint density at radius 3 is 1.94 bits per heavy atom. The van der Waals surface area contributed by atoms with Gasteiger partial charge in [0.1, 0.15) is 43.7 Å². The number of methoxy groups -OCH3 is 1. The molecule has 13 atom stereocenters. The van der Waals surface area contributed by atoms with E-state index in [-0.39, 0.29) is 136 Å². The molecule has 0 aromatic heterocycles. The van der Waals surface area contributed by atoms with Crippen LogP contribution in [-0.2, 0) is 68.7 Å². The van der Waals surface area contributed by atoms with Crippen molar-refractivity contribution in [3.05, 3.63) is 65.7 Å². The number of alkyl carbamates (subject to hydrolysis) is 1. The van der Waals surface area contributed by atoms with E-state index >= 15 is 0 Å². The molecule has 2 aliphatic rings. The van der Waals surface area contributed by atoms with Crippen LogP contribution >= 0.6 is 0 Å². The number of benzene rings is 2. The second-order valence-corrected chi connectivity index (χ2v) is 26.5. The van der Waals surface area contributed by atoms with Gasteiger partial charge >= 0.3 is 18.2 Å². The van der Waals surface area contributed by atoms with Crippen LogP contribution < -0.4 is 37.6 Å². The van der Waals surface area contributed by atoms with Crippen LogP contribution in [0.15, 0.2) is 54.6 Å². The number of aliphatic hydroxyl groups excluding tert-OH is 1. The molecule has 2 heterocycles. The summed E-state index contributed by atoms with van der Waals surface area (Å²) in [6.45, 7) is 23.8. The van der Waals surface area contributed by atoms with E-state index in [0.717, 1.165) is 36.0 Å². The molecule has 0 bridgehead atoms. The van der Waals surface area contributed by atoms with E-state index < -0.39 is 84.1 Å². The minimum absolute atomic E-state index is 0.00928. The van der Waals surface area contributed by atoms with Crippen LogP contribution in [0, 0.1) is 41.4 Å². The molecule has 2 unspecified atom stereocenters. The minimum Gasteiger partial charge on any atom is -0.447 e. The number of carbonyl (C=O) groups excluding carboxylic acids is 12. The smallest absolute Gasteiger partial charge is 0.410 e. The third-order valence-electron chi connectivity index (χ3n) is 18.0. The lowest BCUT2D eigenvalue weighted by Crippen LogP contribution is -2.59. The first-order valence-electron chi connectivity index (χ1n) is 34.1. The number of aliphatic hydroxyl groups is 1. The minimum atomic E-state index is -1.13. The number of nitrogens with two attached hydrogens (primary N) is 1. The maximum Gasteiger partial charge on any atom is 0.410 e. The highest BCUT2D eigenvalue weighted by Gasteiger charge is 2.42. The summed E-state index contributed by atoms with van der Waals surface area (Å²) in [5, 5.41) is 26.6. The van der Waals surface area contributed by atoms with Crippen LogP contribution in [0.2, 0.25) is 0 Å². The number of likely N-dealkylation sites (N-methyl/N-ethyl adjacent to an activating group) is 2. The summed E-state index contributed by atoms with van der Waals surface area (Å²) in [5.74, 6) is -5.15. The molecule has 12 amide bonds. The summed E-state index contributed by atoms with van der Waals surface area (Å²) in [6, 6.07) is 9.77. The summed E-state index contributed by atoms with van der Waals surface area (Å²) in [5.41, 5.74) is 6.83. The molecular formula is C70H111N11O17. The summed E-state index contributed by atoms with van der Waals surface area (Å²) < 4.78 is 21.8. The van der Waals surface area contributed by atoms with Crippen molar-refractivity contribution in [3.8, 4) is 0 Å². The second-order valence-electron chi connectivity index (χ2n) is 26.5. The first-order chi connectivity index (χ1) is 46.3. The lowest BCUT2D eigenvalue weighted by molar-refractivity contribution is -0.142. The Labute approximate surface area is 578 Å². The molecule has 548 valence electrons. The fraction of sp³-hybridized carbons (Fsp3) is 0.657.